The van der Waals surface area contributed by atoms with E-state index in [0.717, 1.165) is 17.8 Å². The predicted octanol–water partition coefficient (Wildman–Crippen LogP) is 3.68. The minimum Gasteiger partial charge on any atom is -0.375 e. The van der Waals surface area contributed by atoms with Gasteiger partial charge in [0.25, 0.3) is 0 Å². The molecule has 0 aliphatic carbocycles. The number of rotatable bonds is 4. The lowest BCUT2D eigenvalue weighted by atomic mass is 10.0. The summed E-state index contributed by atoms with van der Waals surface area (Å²) in [5, 5.41) is 3.30. The zero-order valence-electron chi connectivity index (χ0n) is 15.6. The van der Waals surface area contributed by atoms with Gasteiger partial charge in [-0.05, 0) is 48.7 Å². The molecule has 142 valence electrons. The van der Waals surface area contributed by atoms with E-state index in [1.807, 2.05) is 36.6 Å². The van der Waals surface area contributed by atoms with Gasteiger partial charge in [-0.15, -0.1) is 0 Å². The van der Waals surface area contributed by atoms with Crippen LogP contribution in [0.25, 0.3) is 16.9 Å². The van der Waals surface area contributed by atoms with Gasteiger partial charge in [-0.25, -0.2) is 13.8 Å². The molecule has 1 N–H and O–H groups in total. The molecule has 1 atom stereocenters. The highest BCUT2D eigenvalue weighted by Crippen LogP contribution is 2.31. The molecule has 0 amide bonds. The summed E-state index contributed by atoms with van der Waals surface area (Å²) in [5.74, 6) is -1.15. The van der Waals surface area contributed by atoms with Gasteiger partial charge in [0, 0.05) is 25.7 Å². The third-order valence-corrected chi connectivity index (χ3v) is 5.05. The summed E-state index contributed by atoms with van der Waals surface area (Å²) in [6, 6.07) is 6.68. The van der Waals surface area contributed by atoms with E-state index in [4.69, 9.17) is 4.74 Å². The summed E-state index contributed by atoms with van der Waals surface area (Å²) < 4.78 is 37.4. The van der Waals surface area contributed by atoms with Gasteiger partial charge in [-0.2, -0.15) is 0 Å². The van der Waals surface area contributed by atoms with E-state index in [1.54, 1.807) is 0 Å². The first-order valence-electron chi connectivity index (χ1n) is 9.35. The van der Waals surface area contributed by atoms with Crippen molar-refractivity contribution in [1.29, 1.82) is 0 Å². The maximum Gasteiger partial charge on any atom is 0.137 e. The van der Waals surface area contributed by atoms with Crippen LogP contribution < -0.4 is 5.32 Å². The maximum atomic E-state index is 14.8. The lowest BCUT2D eigenvalue weighted by Crippen LogP contribution is -2.39. The minimum absolute atomic E-state index is 0.0558. The molecule has 3 heterocycles. The van der Waals surface area contributed by atoms with Crippen molar-refractivity contribution >= 4 is 5.65 Å². The van der Waals surface area contributed by atoms with Crippen LogP contribution in [0.2, 0.25) is 0 Å². The van der Waals surface area contributed by atoms with Crippen LogP contribution in [0.3, 0.4) is 0 Å². The lowest BCUT2D eigenvalue weighted by molar-refractivity contribution is 0.0286. The summed E-state index contributed by atoms with van der Waals surface area (Å²) in [6.45, 7) is 6.00. The molecular formula is C21H23F2N3O. The minimum atomic E-state index is -0.573. The smallest absolute Gasteiger partial charge is 0.137 e. The normalized spacial score (nSPS) is 17.6. The quantitative estimate of drug-likeness (QED) is 0.760. The molecule has 2 aromatic heterocycles. The average Bonchev–Trinajstić information content (AvgIpc) is 2.99. The zero-order chi connectivity index (χ0) is 19.0. The predicted molar refractivity (Wildman–Crippen MR) is 101 cm³/mol. The Bertz CT molecular complexity index is 954. The monoisotopic (exact) mass is 371 g/mol. The summed E-state index contributed by atoms with van der Waals surface area (Å²) in [6.07, 6.45) is 2.95. The van der Waals surface area contributed by atoms with Crippen molar-refractivity contribution in [2.75, 3.05) is 19.7 Å². The number of ether oxygens (including phenoxy) is 1. The number of morpholine rings is 1. The highest BCUT2D eigenvalue weighted by Gasteiger charge is 2.24. The van der Waals surface area contributed by atoms with E-state index < -0.39 is 11.6 Å². The maximum absolute atomic E-state index is 14.8. The van der Waals surface area contributed by atoms with Crippen LogP contribution in [0.4, 0.5) is 8.78 Å². The number of fused-ring (bicyclic) bond motifs is 1. The van der Waals surface area contributed by atoms with Gasteiger partial charge in [0.1, 0.15) is 17.3 Å². The van der Waals surface area contributed by atoms with Gasteiger partial charge >= 0.3 is 0 Å². The highest BCUT2D eigenvalue weighted by molar-refractivity contribution is 5.68. The molecule has 27 heavy (non-hydrogen) atoms. The molecule has 1 aliphatic rings. The number of nitrogens with one attached hydrogen (secondary N) is 1. The first kappa shape index (κ1) is 18.1. The van der Waals surface area contributed by atoms with Crippen molar-refractivity contribution in [3.8, 4) is 11.3 Å². The number of aryl methyl sites for hydroxylation is 2. The van der Waals surface area contributed by atoms with E-state index in [-0.39, 0.29) is 11.7 Å². The van der Waals surface area contributed by atoms with Crippen LogP contribution in [0, 0.1) is 18.6 Å². The number of imidazole rings is 1. The second-order valence-corrected chi connectivity index (χ2v) is 7.03. The summed E-state index contributed by atoms with van der Waals surface area (Å²) in [5.41, 5.74) is 3.42. The van der Waals surface area contributed by atoms with Crippen LogP contribution >= 0.6 is 0 Å². The third-order valence-electron chi connectivity index (χ3n) is 5.05. The van der Waals surface area contributed by atoms with Gasteiger partial charge in [-0.1, -0.05) is 6.92 Å². The molecule has 0 radical (unpaired) electrons. The second-order valence-electron chi connectivity index (χ2n) is 7.03. The Kier molecular flexibility index (Phi) is 4.93. The van der Waals surface area contributed by atoms with Gasteiger partial charge < -0.3 is 14.5 Å². The number of nitrogens with zero attached hydrogens (tertiary/aromatic N) is 2. The molecule has 1 unspecified atom stereocenters. The molecule has 0 bridgehead atoms. The molecule has 1 aliphatic heterocycles. The Hall–Kier alpha value is -2.31. The number of pyridine rings is 1. The standard InChI is InChI=1S/C21H23F2N3O/c1-3-14-9-16(22)20(17(23)10-14)21-18(11-15-12-24-5-7-27-15)26-6-4-13(2)8-19(26)25-21/h4,6,8-10,15,24H,3,5,7,11-12H2,1-2H3. The van der Waals surface area contributed by atoms with Gasteiger partial charge in [-0.3, -0.25) is 0 Å². The number of hydrogen-bond acceptors (Lipinski definition) is 3. The number of aromatic nitrogens is 2. The zero-order valence-corrected chi connectivity index (χ0v) is 15.6. The number of halogens is 2. The highest BCUT2D eigenvalue weighted by atomic mass is 19.1. The molecular weight excluding hydrogens is 348 g/mol. The van der Waals surface area contributed by atoms with E-state index >= 15 is 0 Å². The number of hydrogen-bond donors (Lipinski definition) is 1. The molecule has 1 saturated heterocycles. The Morgan fingerprint density at radius 2 is 2.04 bits per heavy atom. The van der Waals surface area contributed by atoms with Crippen LogP contribution in [-0.4, -0.2) is 35.2 Å². The van der Waals surface area contributed by atoms with Crippen LogP contribution in [0.15, 0.2) is 30.5 Å². The third kappa shape index (κ3) is 3.47. The molecule has 0 saturated carbocycles. The van der Waals surface area contributed by atoms with Gasteiger partial charge in [0.2, 0.25) is 0 Å². The summed E-state index contributed by atoms with van der Waals surface area (Å²) in [4.78, 5) is 4.59. The van der Waals surface area contributed by atoms with Crippen molar-refractivity contribution in [2.24, 2.45) is 0 Å². The molecule has 1 aromatic carbocycles. The van der Waals surface area contributed by atoms with Gasteiger partial charge in [0.15, 0.2) is 0 Å². The largest absolute Gasteiger partial charge is 0.375 e. The Labute approximate surface area is 157 Å². The van der Waals surface area contributed by atoms with Crippen molar-refractivity contribution in [1.82, 2.24) is 14.7 Å². The van der Waals surface area contributed by atoms with E-state index in [2.05, 4.69) is 10.3 Å². The molecule has 6 heteroatoms. The first-order chi connectivity index (χ1) is 13.1. The van der Waals surface area contributed by atoms with Crippen LogP contribution in [-0.2, 0) is 17.6 Å². The summed E-state index contributed by atoms with van der Waals surface area (Å²) in [7, 11) is 0. The summed E-state index contributed by atoms with van der Waals surface area (Å²) >= 11 is 0. The van der Waals surface area contributed by atoms with Crippen molar-refractivity contribution in [3.05, 3.63) is 58.9 Å². The fourth-order valence-corrected chi connectivity index (χ4v) is 3.61. The average molecular weight is 371 g/mol. The molecule has 3 aromatic rings. The van der Waals surface area contributed by atoms with E-state index in [9.17, 15) is 8.78 Å². The lowest BCUT2D eigenvalue weighted by Gasteiger charge is -2.24. The fourth-order valence-electron chi connectivity index (χ4n) is 3.61. The van der Waals surface area contributed by atoms with E-state index in [1.165, 1.54) is 12.1 Å². The van der Waals surface area contributed by atoms with Crippen molar-refractivity contribution in [2.45, 2.75) is 32.8 Å². The second kappa shape index (κ2) is 7.37. The Morgan fingerprint density at radius 1 is 1.26 bits per heavy atom. The van der Waals surface area contributed by atoms with Crippen molar-refractivity contribution < 1.29 is 13.5 Å². The van der Waals surface area contributed by atoms with Crippen LogP contribution in [0.1, 0.15) is 23.7 Å². The Morgan fingerprint density at radius 3 is 2.70 bits per heavy atom. The fraction of sp³-hybridized carbons (Fsp3) is 0.381. The number of benzene rings is 1. The first-order valence-corrected chi connectivity index (χ1v) is 9.35. The topological polar surface area (TPSA) is 38.6 Å². The molecule has 0 spiro atoms. The van der Waals surface area contributed by atoms with Gasteiger partial charge in [0.05, 0.1) is 29.7 Å². The molecule has 4 nitrogen and oxygen atoms in total. The molecule has 4 rings (SSSR count). The Balaban J connectivity index is 1.88. The van der Waals surface area contributed by atoms with E-state index in [0.29, 0.717) is 42.9 Å². The van der Waals surface area contributed by atoms with Crippen LogP contribution in [0.5, 0.6) is 0 Å². The molecule has 1 fully saturated rings. The SMILES string of the molecule is CCc1cc(F)c(-c2nc3cc(C)ccn3c2CC2CNCCO2)c(F)c1. The van der Waals surface area contributed by atoms with Crippen molar-refractivity contribution in [3.63, 3.8) is 0 Å².